The predicted octanol–water partition coefficient (Wildman–Crippen LogP) is 2.90. The number of furan rings is 1. The van der Waals surface area contributed by atoms with Gasteiger partial charge < -0.3 is 14.8 Å². The SMILES string of the molecule is O=C(NC[C@@H](O)c1ccc2ccccc2c1)c1ccoc1. The third-order valence-corrected chi connectivity index (χ3v) is 3.40. The smallest absolute Gasteiger partial charge is 0.254 e. The topological polar surface area (TPSA) is 62.5 Å². The van der Waals surface area contributed by atoms with Gasteiger partial charge in [-0.1, -0.05) is 36.4 Å². The van der Waals surface area contributed by atoms with E-state index in [-0.39, 0.29) is 12.5 Å². The minimum atomic E-state index is -0.745. The Morgan fingerprint density at radius 1 is 1.14 bits per heavy atom. The largest absolute Gasteiger partial charge is 0.472 e. The lowest BCUT2D eigenvalue weighted by Crippen LogP contribution is -2.28. The first kappa shape index (κ1) is 13.4. The fourth-order valence-corrected chi connectivity index (χ4v) is 2.22. The first-order valence-electron chi connectivity index (χ1n) is 6.71. The number of nitrogens with one attached hydrogen (secondary N) is 1. The van der Waals surface area contributed by atoms with Gasteiger partial charge in [0.25, 0.3) is 5.91 Å². The Balaban J connectivity index is 1.69. The van der Waals surface area contributed by atoms with E-state index in [1.54, 1.807) is 6.07 Å². The van der Waals surface area contributed by atoms with Crippen LogP contribution in [0.2, 0.25) is 0 Å². The molecule has 0 saturated heterocycles. The van der Waals surface area contributed by atoms with E-state index in [9.17, 15) is 9.90 Å². The Kier molecular flexibility index (Phi) is 3.71. The van der Waals surface area contributed by atoms with Crippen LogP contribution in [0.25, 0.3) is 10.8 Å². The second kappa shape index (κ2) is 5.81. The zero-order chi connectivity index (χ0) is 14.7. The second-order valence-electron chi connectivity index (χ2n) is 4.84. The Hall–Kier alpha value is -2.59. The molecule has 0 saturated carbocycles. The van der Waals surface area contributed by atoms with Crippen molar-refractivity contribution in [3.63, 3.8) is 0 Å². The van der Waals surface area contributed by atoms with E-state index < -0.39 is 6.10 Å². The molecular weight excluding hydrogens is 266 g/mol. The monoisotopic (exact) mass is 281 g/mol. The first-order chi connectivity index (χ1) is 10.2. The highest BCUT2D eigenvalue weighted by Crippen LogP contribution is 2.20. The minimum Gasteiger partial charge on any atom is -0.472 e. The molecule has 1 heterocycles. The van der Waals surface area contributed by atoms with Gasteiger partial charge >= 0.3 is 0 Å². The summed E-state index contributed by atoms with van der Waals surface area (Å²) in [5.74, 6) is -0.261. The number of carbonyl (C=O) groups excluding carboxylic acids is 1. The van der Waals surface area contributed by atoms with Crippen LogP contribution in [0.15, 0.2) is 65.5 Å². The molecule has 2 N–H and O–H groups in total. The van der Waals surface area contributed by atoms with Crippen molar-refractivity contribution in [1.82, 2.24) is 5.32 Å². The maximum absolute atomic E-state index is 11.8. The van der Waals surface area contributed by atoms with Crippen molar-refractivity contribution >= 4 is 16.7 Å². The molecular formula is C17H15NO3. The Morgan fingerprint density at radius 3 is 2.71 bits per heavy atom. The van der Waals surface area contributed by atoms with Crippen molar-refractivity contribution in [2.75, 3.05) is 6.54 Å². The zero-order valence-corrected chi connectivity index (χ0v) is 11.3. The van der Waals surface area contributed by atoms with Crippen LogP contribution < -0.4 is 5.32 Å². The molecule has 0 aliphatic rings. The van der Waals surface area contributed by atoms with Crippen molar-refractivity contribution in [3.8, 4) is 0 Å². The van der Waals surface area contributed by atoms with Gasteiger partial charge in [0.05, 0.1) is 17.9 Å². The normalized spacial score (nSPS) is 12.2. The summed E-state index contributed by atoms with van der Waals surface area (Å²) in [7, 11) is 0. The molecule has 4 nitrogen and oxygen atoms in total. The quantitative estimate of drug-likeness (QED) is 0.773. The van der Waals surface area contributed by atoms with Gasteiger partial charge in [0.2, 0.25) is 0 Å². The van der Waals surface area contributed by atoms with Gasteiger partial charge in [-0.2, -0.15) is 0 Å². The molecule has 0 spiro atoms. The average molecular weight is 281 g/mol. The van der Waals surface area contributed by atoms with E-state index in [4.69, 9.17) is 4.42 Å². The Bertz CT molecular complexity index is 750. The lowest BCUT2D eigenvalue weighted by Gasteiger charge is -2.12. The van der Waals surface area contributed by atoms with E-state index in [1.807, 2.05) is 42.5 Å². The molecule has 1 aromatic heterocycles. The summed E-state index contributed by atoms with van der Waals surface area (Å²) in [6, 6.07) is 15.3. The van der Waals surface area contributed by atoms with Crippen LogP contribution in [-0.4, -0.2) is 17.6 Å². The summed E-state index contributed by atoms with van der Waals surface area (Å²) in [6.07, 6.45) is 2.07. The highest BCUT2D eigenvalue weighted by atomic mass is 16.3. The van der Waals surface area contributed by atoms with Crippen molar-refractivity contribution in [1.29, 1.82) is 0 Å². The number of aliphatic hydroxyl groups is 1. The van der Waals surface area contributed by atoms with E-state index in [0.717, 1.165) is 16.3 Å². The molecule has 0 aliphatic carbocycles. The van der Waals surface area contributed by atoms with Crippen LogP contribution in [0.1, 0.15) is 22.0 Å². The van der Waals surface area contributed by atoms with Crippen LogP contribution >= 0.6 is 0 Å². The average Bonchev–Trinajstić information content (AvgIpc) is 3.06. The number of benzene rings is 2. The molecule has 3 rings (SSSR count). The summed E-state index contributed by atoms with van der Waals surface area (Å²) in [5, 5.41) is 15.1. The number of rotatable bonds is 4. The molecule has 106 valence electrons. The third kappa shape index (κ3) is 2.95. The number of hydrogen-bond acceptors (Lipinski definition) is 3. The van der Waals surface area contributed by atoms with Crippen molar-refractivity contribution in [2.24, 2.45) is 0 Å². The highest BCUT2D eigenvalue weighted by Gasteiger charge is 2.12. The highest BCUT2D eigenvalue weighted by molar-refractivity contribution is 5.93. The first-order valence-corrected chi connectivity index (χ1v) is 6.71. The van der Waals surface area contributed by atoms with Crippen molar-refractivity contribution in [3.05, 3.63) is 72.2 Å². The summed E-state index contributed by atoms with van der Waals surface area (Å²) in [6.45, 7) is 0.155. The summed E-state index contributed by atoms with van der Waals surface area (Å²) >= 11 is 0. The molecule has 21 heavy (non-hydrogen) atoms. The van der Waals surface area contributed by atoms with E-state index in [2.05, 4.69) is 5.32 Å². The molecule has 1 amide bonds. The minimum absolute atomic E-state index is 0.155. The number of fused-ring (bicyclic) bond motifs is 1. The van der Waals surface area contributed by atoms with Crippen LogP contribution in [0, 0.1) is 0 Å². The molecule has 3 aromatic rings. The lowest BCUT2D eigenvalue weighted by molar-refractivity contribution is 0.0916. The fourth-order valence-electron chi connectivity index (χ4n) is 2.22. The van der Waals surface area contributed by atoms with Crippen LogP contribution in [0.5, 0.6) is 0 Å². The summed E-state index contributed by atoms with van der Waals surface area (Å²) < 4.78 is 4.85. The second-order valence-corrected chi connectivity index (χ2v) is 4.84. The maximum atomic E-state index is 11.8. The molecule has 0 aliphatic heterocycles. The summed E-state index contributed by atoms with van der Waals surface area (Å²) in [5.41, 5.74) is 1.22. The van der Waals surface area contributed by atoms with Gasteiger partial charge in [-0.15, -0.1) is 0 Å². The van der Waals surface area contributed by atoms with Crippen molar-refractivity contribution in [2.45, 2.75) is 6.10 Å². The lowest BCUT2D eigenvalue weighted by atomic mass is 10.0. The van der Waals surface area contributed by atoms with Gasteiger partial charge in [0.15, 0.2) is 0 Å². The van der Waals surface area contributed by atoms with Crippen LogP contribution in [-0.2, 0) is 0 Å². The van der Waals surface area contributed by atoms with E-state index in [0.29, 0.717) is 5.56 Å². The molecule has 0 bridgehead atoms. The van der Waals surface area contributed by atoms with Crippen molar-refractivity contribution < 1.29 is 14.3 Å². The van der Waals surface area contributed by atoms with Gasteiger partial charge in [-0.3, -0.25) is 4.79 Å². The molecule has 0 unspecified atom stereocenters. The van der Waals surface area contributed by atoms with Gasteiger partial charge in [0.1, 0.15) is 6.26 Å². The van der Waals surface area contributed by atoms with Crippen LogP contribution in [0.3, 0.4) is 0 Å². The van der Waals surface area contributed by atoms with Gasteiger partial charge in [-0.05, 0) is 28.5 Å². The predicted molar refractivity (Wildman–Crippen MR) is 79.9 cm³/mol. The molecule has 1 atom stereocenters. The van der Waals surface area contributed by atoms with E-state index >= 15 is 0 Å². The number of carbonyl (C=O) groups is 1. The maximum Gasteiger partial charge on any atom is 0.254 e. The molecule has 4 heteroatoms. The molecule has 0 fully saturated rings. The Morgan fingerprint density at radius 2 is 1.95 bits per heavy atom. The standard InChI is InChI=1S/C17H15NO3/c19-16(10-18-17(20)15-7-8-21-11-15)14-6-5-12-3-1-2-4-13(12)9-14/h1-9,11,16,19H,10H2,(H,18,20)/t16-/m1/s1. The molecule has 2 aromatic carbocycles. The Labute approximate surface area is 122 Å². The third-order valence-electron chi connectivity index (χ3n) is 3.40. The van der Waals surface area contributed by atoms with Gasteiger partial charge in [-0.25, -0.2) is 0 Å². The summed E-state index contributed by atoms with van der Waals surface area (Å²) in [4.78, 5) is 11.8. The zero-order valence-electron chi connectivity index (χ0n) is 11.3. The van der Waals surface area contributed by atoms with E-state index in [1.165, 1.54) is 12.5 Å². The van der Waals surface area contributed by atoms with Gasteiger partial charge in [0, 0.05) is 6.54 Å². The number of aliphatic hydroxyl groups excluding tert-OH is 1. The number of hydrogen-bond donors (Lipinski definition) is 2. The molecule has 0 radical (unpaired) electrons. The van der Waals surface area contributed by atoms with Crippen LogP contribution in [0.4, 0.5) is 0 Å². The fraction of sp³-hybridized carbons (Fsp3) is 0.118. The number of amides is 1.